The fourth-order valence-corrected chi connectivity index (χ4v) is 4.07. The third-order valence-electron chi connectivity index (χ3n) is 6.64. The number of rotatable bonds is 11. The summed E-state index contributed by atoms with van der Waals surface area (Å²) in [6, 6.07) is 12.9. The van der Waals surface area contributed by atoms with Gasteiger partial charge in [-0.15, -0.1) is 0 Å². The van der Waals surface area contributed by atoms with E-state index in [0.29, 0.717) is 23.5 Å². The number of nitrogens with two attached hydrogens (primary N) is 2. The van der Waals surface area contributed by atoms with Crippen molar-refractivity contribution >= 4 is 23.4 Å². The van der Waals surface area contributed by atoms with Crippen LogP contribution in [0.15, 0.2) is 89.1 Å². The van der Waals surface area contributed by atoms with Gasteiger partial charge in [-0.2, -0.15) is 0 Å². The van der Waals surface area contributed by atoms with Crippen LogP contribution in [0.25, 0.3) is 11.1 Å². The third-order valence-corrected chi connectivity index (χ3v) is 6.64. The third kappa shape index (κ3) is 9.60. The summed E-state index contributed by atoms with van der Waals surface area (Å²) in [5.74, 6) is 1.53. The lowest BCUT2D eigenvalue weighted by molar-refractivity contribution is -0.121. The summed E-state index contributed by atoms with van der Waals surface area (Å²) < 4.78 is 7.15. The number of anilines is 1. The Kier molecular flexibility index (Phi) is 12.1. The van der Waals surface area contributed by atoms with E-state index in [2.05, 4.69) is 26.3 Å². The van der Waals surface area contributed by atoms with Gasteiger partial charge in [0.05, 0.1) is 24.7 Å². The molecule has 13 nitrogen and oxygen atoms in total. The predicted molar refractivity (Wildman–Crippen MR) is 172 cm³/mol. The maximum atomic E-state index is 12.2. The molecule has 2 aromatic heterocycles. The van der Waals surface area contributed by atoms with Crippen molar-refractivity contribution in [1.29, 1.82) is 0 Å². The highest BCUT2D eigenvalue weighted by Crippen LogP contribution is 2.37. The van der Waals surface area contributed by atoms with Crippen molar-refractivity contribution in [3.63, 3.8) is 0 Å². The Labute approximate surface area is 261 Å². The van der Waals surface area contributed by atoms with Gasteiger partial charge in [0.25, 0.3) is 11.5 Å². The molecule has 4 rings (SSSR count). The fraction of sp³-hybridized carbons (Fsp3) is 0.250. The van der Waals surface area contributed by atoms with Gasteiger partial charge in [-0.1, -0.05) is 24.3 Å². The number of hydrogen-bond donors (Lipinski definition) is 6. The lowest BCUT2D eigenvalue weighted by Crippen LogP contribution is -2.31. The Hall–Kier alpha value is -5.81. The number of aromatic nitrogens is 2. The zero-order valence-electron chi connectivity index (χ0n) is 25.6. The minimum absolute atomic E-state index is 0.0153. The average Bonchev–Trinajstić information content (AvgIpc) is 3.89. The summed E-state index contributed by atoms with van der Waals surface area (Å²) in [5, 5.41) is 10.9. The van der Waals surface area contributed by atoms with E-state index in [1.54, 1.807) is 50.7 Å². The van der Waals surface area contributed by atoms with Gasteiger partial charge in [-0.3, -0.25) is 19.4 Å². The molecule has 0 spiro atoms. The molecule has 1 fully saturated rings. The van der Waals surface area contributed by atoms with Crippen LogP contribution in [0.4, 0.5) is 5.69 Å². The zero-order chi connectivity index (χ0) is 32.9. The van der Waals surface area contributed by atoms with Gasteiger partial charge in [0.15, 0.2) is 0 Å². The number of aryl methyl sites for hydroxylation is 2. The molecule has 0 aliphatic heterocycles. The van der Waals surface area contributed by atoms with Gasteiger partial charge in [0.2, 0.25) is 5.91 Å². The Morgan fingerprint density at radius 3 is 2.53 bits per heavy atom. The lowest BCUT2D eigenvalue weighted by atomic mass is 10.0. The molecule has 1 aliphatic carbocycles. The Balaban J connectivity index is 0.000000355. The monoisotopic (exact) mass is 614 g/mol. The molecule has 1 saturated carbocycles. The number of allylic oxidation sites excluding steroid dienone is 1. The zero-order valence-corrected chi connectivity index (χ0v) is 25.6. The number of para-hydroxylation sites is 1. The van der Waals surface area contributed by atoms with Crippen LogP contribution in [0, 0.1) is 12.8 Å². The number of nitrogens with one attached hydrogen (secondary N) is 4. The maximum Gasteiger partial charge on any atom is 0.269 e. The van der Waals surface area contributed by atoms with Crippen LogP contribution in [0.5, 0.6) is 5.75 Å². The molecule has 3 aromatic rings. The Bertz CT molecular complexity index is 1680. The smallest absolute Gasteiger partial charge is 0.269 e. The van der Waals surface area contributed by atoms with E-state index in [9.17, 15) is 19.2 Å². The summed E-state index contributed by atoms with van der Waals surface area (Å²) in [7, 11) is 4.71. The minimum atomic E-state index is -0.497. The average molecular weight is 615 g/mol. The summed E-state index contributed by atoms with van der Waals surface area (Å²) in [6.45, 7) is 2.26. The van der Waals surface area contributed by atoms with Crippen LogP contribution >= 0.6 is 0 Å². The van der Waals surface area contributed by atoms with Gasteiger partial charge >= 0.3 is 0 Å². The fourth-order valence-electron chi connectivity index (χ4n) is 4.07. The van der Waals surface area contributed by atoms with Crippen molar-refractivity contribution in [3.05, 3.63) is 106 Å². The second kappa shape index (κ2) is 16.1. The lowest BCUT2D eigenvalue weighted by Gasteiger charge is -2.17. The molecule has 0 atom stereocenters. The van der Waals surface area contributed by atoms with Crippen LogP contribution in [-0.4, -0.2) is 41.5 Å². The summed E-state index contributed by atoms with van der Waals surface area (Å²) in [5.41, 5.74) is 15.9. The van der Waals surface area contributed by atoms with E-state index < -0.39 is 5.91 Å². The molecule has 0 radical (unpaired) electrons. The number of pyridine rings is 2. The minimum Gasteiger partial charge on any atom is -0.494 e. The van der Waals surface area contributed by atoms with Gasteiger partial charge in [0.1, 0.15) is 23.2 Å². The van der Waals surface area contributed by atoms with E-state index in [1.165, 1.54) is 17.7 Å². The van der Waals surface area contributed by atoms with E-state index in [0.717, 1.165) is 35.9 Å². The molecule has 2 heterocycles. The van der Waals surface area contributed by atoms with Crippen molar-refractivity contribution in [3.8, 4) is 16.9 Å². The highest BCUT2D eigenvalue weighted by molar-refractivity contribution is 5.94. The summed E-state index contributed by atoms with van der Waals surface area (Å²) >= 11 is 0. The van der Waals surface area contributed by atoms with Crippen LogP contribution in [0.1, 0.15) is 24.1 Å². The number of nitrogens with zero attached hydrogens (tertiary/aromatic N) is 2. The molecule has 2 amide bonds. The quantitative estimate of drug-likeness (QED) is 0.105. The Morgan fingerprint density at radius 2 is 1.91 bits per heavy atom. The first-order valence-electron chi connectivity index (χ1n) is 14.0. The van der Waals surface area contributed by atoms with Crippen molar-refractivity contribution in [2.24, 2.45) is 24.4 Å². The second-order valence-corrected chi connectivity index (χ2v) is 10.1. The van der Waals surface area contributed by atoms with Crippen molar-refractivity contribution in [1.82, 2.24) is 25.5 Å². The number of carbonyl (C=O) groups is 2. The number of likely N-dealkylation sites (N-methyl/N-ethyl adjacent to an activating group) is 1. The second-order valence-electron chi connectivity index (χ2n) is 10.1. The van der Waals surface area contributed by atoms with Crippen LogP contribution < -0.4 is 43.0 Å². The molecule has 236 valence electrons. The van der Waals surface area contributed by atoms with Gasteiger partial charge in [0, 0.05) is 67.4 Å². The highest BCUT2D eigenvalue weighted by atomic mass is 16.5. The van der Waals surface area contributed by atoms with Crippen molar-refractivity contribution in [2.45, 2.75) is 26.3 Å². The molecule has 0 saturated heterocycles. The van der Waals surface area contributed by atoms with E-state index in [-0.39, 0.29) is 34.6 Å². The number of hydrogen-bond acceptors (Lipinski definition) is 10. The first-order valence-corrected chi connectivity index (χ1v) is 14.0. The molecule has 1 aromatic carbocycles. The standard InChI is InChI=1S/C23H28N6O3.C9H10N2O2/c1-13-7-8-15(12-27-13)16-5-4-6-17(21(16)32-3)28-18(20(25)23(31)26-2)11-19(24)29-22(30)14-9-10-14;1-11-5-2-3-8(9(11)13)7-10-4-6-12/h4-8,11-12,14,28H,9-10,24-25H2,1-3H3,(H,26,31)(H,29,30);2-5,10H,7H2,1H3/b19-11+,20-18+;. The number of benzene rings is 1. The molecule has 8 N–H and O–H groups in total. The molecule has 13 heteroatoms. The SMILES string of the molecule is CNC(=O)/C(N)=C(/C=C(\N)NC(=O)C1CC1)Nc1cccc(-c2ccc(C)nc2)c1OC.Cn1cccc(CNC=C=O)c1=O. The van der Waals surface area contributed by atoms with Crippen LogP contribution in [0.2, 0.25) is 0 Å². The maximum absolute atomic E-state index is 12.2. The normalized spacial score (nSPS) is 12.8. The largest absolute Gasteiger partial charge is 0.494 e. The summed E-state index contributed by atoms with van der Waals surface area (Å²) in [4.78, 5) is 49.8. The van der Waals surface area contributed by atoms with Gasteiger partial charge in [-0.05, 0) is 38.0 Å². The topological polar surface area (TPSA) is 195 Å². The van der Waals surface area contributed by atoms with E-state index >= 15 is 0 Å². The highest BCUT2D eigenvalue weighted by Gasteiger charge is 2.29. The van der Waals surface area contributed by atoms with Crippen molar-refractivity contribution in [2.75, 3.05) is 19.5 Å². The van der Waals surface area contributed by atoms with Crippen LogP contribution in [-0.2, 0) is 28.0 Å². The number of amides is 2. The van der Waals surface area contributed by atoms with Gasteiger partial charge < -0.3 is 42.0 Å². The molecule has 45 heavy (non-hydrogen) atoms. The number of methoxy groups -OCH3 is 1. The number of ether oxygens (including phenoxy) is 1. The van der Waals surface area contributed by atoms with Crippen LogP contribution in [0.3, 0.4) is 0 Å². The molecule has 1 aliphatic rings. The van der Waals surface area contributed by atoms with E-state index in [4.69, 9.17) is 16.2 Å². The first-order chi connectivity index (χ1) is 21.6. The van der Waals surface area contributed by atoms with E-state index in [1.807, 2.05) is 31.2 Å². The number of carbonyl (C=O) groups excluding carboxylic acids is 3. The summed E-state index contributed by atoms with van der Waals surface area (Å²) in [6.07, 6.45) is 7.70. The molecular formula is C32H38N8O5. The van der Waals surface area contributed by atoms with Crippen molar-refractivity contribution < 1.29 is 19.1 Å². The van der Waals surface area contributed by atoms with Gasteiger partial charge in [-0.25, -0.2) is 4.79 Å². The molecular weight excluding hydrogens is 576 g/mol. The predicted octanol–water partition coefficient (Wildman–Crippen LogP) is 1.54. The first kappa shape index (κ1) is 33.7. The Morgan fingerprint density at radius 1 is 1.16 bits per heavy atom. The molecule has 0 bridgehead atoms. The molecule has 0 unspecified atom stereocenters.